The molecule has 19 heavy (non-hydrogen) atoms. The van der Waals surface area contributed by atoms with Crippen LogP contribution in [0.2, 0.25) is 0 Å². The minimum Gasteiger partial charge on any atom is -0.456 e. The first-order valence-corrected chi connectivity index (χ1v) is 6.13. The lowest BCUT2D eigenvalue weighted by Crippen LogP contribution is -2.24. The number of benzene rings is 1. The largest absolute Gasteiger partial charge is 0.456 e. The molecule has 0 bridgehead atoms. The van der Waals surface area contributed by atoms with Crippen molar-refractivity contribution in [2.45, 2.75) is 33.3 Å². The van der Waals surface area contributed by atoms with Crippen molar-refractivity contribution in [3.63, 3.8) is 0 Å². The Balaban J connectivity index is 2.42. The van der Waals surface area contributed by atoms with Gasteiger partial charge in [-0.15, -0.1) is 0 Å². The highest BCUT2D eigenvalue weighted by atomic mass is 16.6. The van der Waals surface area contributed by atoms with Crippen LogP contribution in [-0.4, -0.2) is 16.7 Å². The molecule has 0 aliphatic rings. The van der Waals surface area contributed by atoms with Gasteiger partial charge in [0.05, 0.1) is 5.69 Å². The molecule has 0 saturated carbocycles. The molecule has 100 valence electrons. The number of ether oxygens (including phenoxy) is 1. The van der Waals surface area contributed by atoms with Crippen molar-refractivity contribution < 1.29 is 14.1 Å². The van der Waals surface area contributed by atoms with E-state index in [0.29, 0.717) is 17.0 Å². The maximum absolute atomic E-state index is 12.2. The highest BCUT2D eigenvalue weighted by Crippen LogP contribution is 2.27. The zero-order valence-electron chi connectivity index (χ0n) is 11.6. The van der Waals surface area contributed by atoms with Gasteiger partial charge in [0.15, 0.2) is 5.76 Å². The number of carbonyl (C=O) groups excluding carboxylic acids is 1. The number of carbonyl (C=O) groups is 1. The van der Waals surface area contributed by atoms with Crippen LogP contribution in [0, 0.1) is 6.92 Å². The molecule has 2 rings (SSSR count). The molecule has 0 spiro atoms. The van der Waals surface area contributed by atoms with Gasteiger partial charge >= 0.3 is 5.97 Å². The average molecular weight is 259 g/mol. The van der Waals surface area contributed by atoms with Gasteiger partial charge in [0, 0.05) is 5.56 Å². The van der Waals surface area contributed by atoms with Gasteiger partial charge in [-0.2, -0.15) is 0 Å². The zero-order valence-corrected chi connectivity index (χ0v) is 11.6. The van der Waals surface area contributed by atoms with Gasteiger partial charge in [-0.05, 0) is 27.7 Å². The van der Waals surface area contributed by atoms with Crippen LogP contribution in [0.25, 0.3) is 11.3 Å². The summed E-state index contributed by atoms with van der Waals surface area (Å²) in [5.74, 6) is 0.0393. The van der Waals surface area contributed by atoms with Gasteiger partial charge < -0.3 is 9.26 Å². The van der Waals surface area contributed by atoms with E-state index in [1.165, 1.54) is 0 Å². The summed E-state index contributed by atoms with van der Waals surface area (Å²) in [5, 5.41) is 3.87. The van der Waals surface area contributed by atoms with E-state index >= 15 is 0 Å². The summed E-state index contributed by atoms with van der Waals surface area (Å²) in [6, 6.07) is 9.40. The van der Waals surface area contributed by atoms with Crippen LogP contribution in [-0.2, 0) is 4.74 Å². The molecule has 0 aliphatic heterocycles. The minimum absolute atomic E-state index is 0.390. The molecular weight excluding hydrogens is 242 g/mol. The second-order valence-corrected chi connectivity index (χ2v) is 5.34. The van der Waals surface area contributed by atoms with Crippen molar-refractivity contribution >= 4 is 5.97 Å². The van der Waals surface area contributed by atoms with E-state index in [4.69, 9.17) is 9.26 Å². The lowest BCUT2D eigenvalue weighted by molar-refractivity contribution is 0.00693. The SMILES string of the molecule is Cc1noc(-c2ccccc2)c1C(=O)OC(C)(C)C. The summed E-state index contributed by atoms with van der Waals surface area (Å²) >= 11 is 0. The van der Waals surface area contributed by atoms with Gasteiger partial charge in [-0.3, -0.25) is 0 Å². The van der Waals surface area contributed by atoms with E-state index in [9.17, 15) is 4.79 Å². The van der Waals surface area contributed by atoms with Crippen LogP contribution >= 0.6 is 0 Å². The summed E-state index contributed by atoms with van der Waals surface area (Å²) in [4.78, 5) is 12.2. The quantitative estimate of drug-likeness (QED) is 0.773. The van der Waals surface area contributed by atoms with Crippen LogP contribution < -0.4 is 0 Å². The van der Waals surface area contributed by atoms with Gasteiger partial charge in [-0.1, -0.05) is 35.5 Å². The van der Waals surface area contributed by atoms with Crippen molar-refractivity contribution in [2.75, 3.05) is 0 Å². The minimum atomic E-state index is -0.547. The number of hydrogen-bond donors (Lipinski definition) is 0. The van der Waals surface area contributed by atoms with E-state index in [1.54, 1.807) is 6.92 Å². The van der Waals surface area contributed by atoms with E-state index in [2.05, 4.69) is 5.16 Å². The topological polar surface area (TPSA) is 52.3 Å². The molecule has 4 heteroatoms. The molecule has 2 aromatic rings. The molecule has 1 heterocycles. The van der Waals surface area contributed by atoms with Gasteiger partial charge in [0.2, 0.25) is 0 Å². The molecule has 0 N–H and O–H groups in total. The number of aromatic nitrogens is 1. The first kappa shape index (κ1) is 13.3. The Bertz CT molecular complexity index is 579. The third-order valence-electron chi connectivity index (χ3n) is 2.50. The molecule has 0 atom stereocenters. The normalized spacial score (nSPS) is 11.4. The highest BCUT2D eigenvalue weighted by Gasteiger charge is 2.26. The molecule has 4 nitrogen and oxygen atoms in total. The first-order valence-electron chi connectivity index (χ1n) is 6.13. The molecule has 0 amide bonds. The van der Waals surface area contributed by atoms with Crippen molar-refractivity contribution in [1.29, 1.82) is 0 Å². The number of esters is 1. The fourth-order valence-electron chi connectivity index (χ4n) is 1.73. The molecule has 1 aromatic carbocycles. The van der Waals surface area contributed by atoms with Gasteiger partial charge in [0.25, 0.3) is 0 Å². The number of hydrogen-bond acceptors (Lipinski definition) is 4. The monoisotopic (exact) mass is 259 g/mol. The molecule has 0 saturated heterocycles. The van der Waals surface area contributed by atoms with Crippen molar-refractivity contribution in [3.05, 3.63) is 41.6 Å². The molecule has 0 aliphatic carbocycles. The van der Waals surface area contributed by atoms with Crippen LogP contribution in [0.3, 0.4) is 0 Å². The second kappa shape index (κ2) is 4.88. The zero-order chi connectivity index (χ0) is 14.0. The Morgan fingerprint density at radius 1 is 1.21 bits per heavy atom. The number of aryl methyl sites for hydroxylation is 1. The molecule has 1 aromatic heterocycles. The predicted molar refractivity (Wildman–Crippen MR) is 71.8 cm³/mol. The summed E-state index contributed by atoms with van der Waals surface area (Å²) in [5.41, 5.74) is 1.19. The molecule has 0 fully saturated rings. The van der Waals surface area contributed by atoms with Crippen LogP contribution in [0.4, 0.5) is 0 Å². The standard InChI is InChI=1S/C15H17NO3/c1-10-12(14(17)18-15(2,3)4)13(19-16-10)11-8-6-5-7-9-11/h5-9H,1-4H3. The van der Waals surface area contributed by atoms with Crippen LogP contribution in [0.1, 0.15) is 36.8 Å². The highest BCUT2D eigenvalue weighted by molar-refractivity contribution is 5.96. The lowest BCUT2D eigenvalue weighted by atomic mass is 10.1. The van der Waals surface area contributed by atoms with E-state index in [1.807, 2.05) is 51.1 Å². The Morgan fingerprint density at radius 2 is 1.84 bits per heavy atom. The fourth-order valence-corrected chi connectivity index (χ4v) is 1.73. The second-order valence-electron chi connectivity index (χ2n) is 5.34. The fraction of sp³-hybridized carbons (Fsp3) is 0.333. The van der Waals surface area contributed by atoms with Crippen molar-refractivity contribution in [2.24, 2.45) is 0 Å². The lowest BCUT2D eigenvalue weighted by Gasteiger charge is -2.19. The van der Waals surface area contributed by atoms with Crippen molar-refractivity contribution in [1.82, 2.24) is 5.16 Å². The summed E-state index contributed by atoms with van der Waals surface area (Å²) in [7, 11) is 0. The third kappa shape index (κ3) is 3.02. The Labute approximate surface area is 112 Å². The van der Waals surface area contributed by atoms with E-state index in [-0.39, 0.29) is 0 Å². The van der Waals surface area contributed by atoms with Crippen LogP contribution in [0.15, 0.2) is 34.9 Å². The molecule has 0 unspecified atom stereocenters. The maximum Gasteiger partial charge on any atom is 0.344 e. The summed E-state index contributed by atoms with van der Waals surface area (Å²) in [6.07, 6.45) is 0. The third-order valence-corrected chi connectivity index (χ3v) is 2.50. The summed E-state index contributed by atoms with van der Waals surface area (Å²) in [6.45, 7) is 7.22. The Morgan fingerprint density at radius 3 is 2.42 bits per heavy atom. The van der Waals surface area contributed by atoms with Gasteiger partial charge in [0.1, 0.15) is 11.2 Å². The Hall–Kier alpha value is -2.10. The van der Waals surface area contributed by atoms with E-state index in [0.717, 1.165) is 5.56 Å². The number of rotatable bonds is 2. The molecule has 0 radical (unpaired) electrons. The first-order chi connectivity index (χ1) is 8.88. The maximum atomic E-state index is 12.2. The van der Waals surface area contributed by atoms with Gasteiger partial charge in [-0.25, -0.2) is 4.79 Å². The van der Waals surface area contributed by atoms with Crippen LogP contribution in [0.5, 0.6) is 0 Å². The van der Waals surface area contributed by atoms with E-state index < -0.39 is 11.6 Å². The number of nitrogens with zero attached hydrogens (tertiary/aromatic N) is 1. The predicted octanol–water partition coefficient (Wildman–Crippen LogP) is 3.61. The average Bonchev–Trinajstić information content (AvgIpc) is 2.70. The smallest absolute Gasteiger partial charge is 0.344 e. The molecular formula is C15H17NO3. The van der Waals surface area contributed by atoms with Crippen molar-refractivity contribution in [3.8, 4) is 11.3 Å². The summed E-state index contributed by atoms with van der Waals surface area (Å²) < 4.78 is 10.7. The Kier molecular flexibility index (Phi) is 3.42.